The standard InChI is InChI=1S/C31H31N9O6/c1-17-7-9-19(10-8-17)24-25-23(29(42)40(24)22-13-18(2)15-37(3)28(22)41)33-26(20-14-32-31(46-5)34-27(20)45-4)39(25)12-6-11-38-16-21(30(43)44)35-36-38/h7-10,13-16,24H,6,11-12H2,1-5H3,(H,43,44)/t24-/m0/s1. The number of fused-ring (bicyclic) bond motifs is 1. The Bertz CT molecular complexity index is 2030. The van der Waals surface area contributed by atoms with E-state index in [0.29, 0.717) is 36.6 Å². The largest absolute Gasteiger partial charge is 0.480 e. The van der Waals surface area contributed by atoms with E-state index in [9.17, 15) is 19.5 Å². The first-order valence-corrected chi connectivity index (χ1v) is 14.4. The number of hydrogen-bond donors (Lipinski definition) is 1. The van der Waals surface area contributed by atoms with E-state index in [4.69, 9.17) is 14.5 Å². The molecule has 5 heterocycles. The van der Waals surface area contributed by atoms with E-state index in [1.807, 2.05) is 42.7 Å². The number of hydrogen-bond acceptors (Lipinski definition) is 10. The summed E-state index contributed by atoms with van der Waals surface area (Å²) in [6.45, 7) is 4.49. The van der Waals surface area contributed by atoms with Crippen LogP contribution in [-0.2, 0) is 20.1 Å². The van der Waals surface area contributed by atoms with E-state index in [-0.39, 0.29) is 34.5 Å². The molecule has 1 aliphatic rings. The summed E-state index contributed by atoms with van der Waals surface area (Å²) in [5, 5.41) is 16.9. The molecule has 0 unspecified atom stereocenters. The SMILES string of the molecule is COc1ncc(-c2nc3c(n2CCCn2cc(C(=O)O)nn2)[C@H](c2ccc(C)cc2)N(c2cc(C)cn(C)c2=O)C3=O)c(OC)n1. The van der Waals surface area contributed by atoms with Gasteiger partial charge >= 0.3 is 12.0 Å². The van der Waals surface area contributed by atoms with Crippen molar-refractivity contribution in [2.24, 2.45) is 7.05 Å². The molecule has 0 aliphatic carbocycles. The predicted molar refractivity (Wildman–Crippen MR) is 164 cm³/mol. The number of methoxy groups -OCH3 is 2. The van der Waals surface area contributed by atoms with Gasteiger partial charge in [-0.3, -0.25) is 19.2 Å². The number of carboxylic acids is 1. The van der Waals surface area contributed by atoms with Crippen molar-refractivity contribution in [2.75, 3.05) is 19.1 Å². The second-order valence-corrected chi connectivity index (χ2v) is 10.9. The average Bonchev–Trinajstić information content (AvgIpc) is 3.74. The summed E-state index contributed by atoms with van der Waals surface area (Å²) in [6.07, 6.45) is 5.05. The van der Waals surface area contributed by atoms with E-state index in [1.54, 1.807) is 19.3 Å². The zero-order chi connectivity index (χ0) is 32.7. The first kappa shape index (κ1) is 30.2. The molecular formula is C31H31N9O6. The van der Waals surface area contributed by atoms with Gasteiger partial charge < -0.3 is 23.7 Å². The van der Waals surface area contributed by atoms with Crippen LogP contribution >= 0.6 is 0 Å². The lowest BCUT2D eigenvalue weighted by molar-refractivity contribution is 0.0690. The lowest BCUT2D eigenvalue weighted by atomic mass is 10.0. The van der Waals surface area contributed by atoms with Gasteiger partial charge in [0.2, 0.25) is 5.88 Å². The number of aromatic nitrogens is 8. The van der Waals surface area contributed by atoms with Crippen molar-refractivity contribution in [3.05, 3.63) is 93.0 Å². The maximum atomic E-state index is 14.4. The highest BCUT2D eigenvalue weighted by Gasteiger charge is 2.45. The first-order valence-electron chi connectivity index (χ1n) is 14.4. The molecule has 1 aliphatic heterocycles. The topological polar surface area (TPSA) is 172 Å². The lowest BCUT2D eigenvalue weighted by Gasteiger charge is -2.27. The molecule has 0 saturated carbocycles. The molecule has 0 bridgehead atoms. The summed E-state index contributed by atoms with van der Waals surface area (Å²) in [4.78, 5) is 54.2. The molecule has 236 valence electrons. The quantitative estimate of drug-likeness (QED) is 0.242. The Kier molecular flexibility index (Phi) is 7.81. The molecule has 6 rings (SSSR count). The number of pyridine rings is 1. The Balaban J connectivity index is 1.54. The van der Waals surface area contributed by atoms with Gasteiger partial charge in [-0.15, -0.1) is 5.10 Å². The van der Waals surface area contributed by atoms with Crippen LogP contribution in [0.5, 0.6) is 11.9 Å². The molecular weight excluding hydrogens is 594 g/mol. The molecule has 0 fully saturated rings. The van der Waals surface area contributed by atoms with Crippen LogP contribution in [0.15, 0.2) is 53.7 Å². The zero-order valence-corrected chi connectivity index (χ0v) is 25.8. The first-order chi connectivity index (χ1) is 22.1. The molecule has 0 saturated heterocycles. The summed E-state index contributed by atoms with van der Waals surface area (Å²) in [7, 11) is 4.56. The van der Waals surface area contributed by atoms with Gasteiger partial charge in [0.05, 0.1) is 31.7 Å². The van der Waals surface area contributed by atoms with Crippen molar-refractivity contribution in [1.29, 1.82) is 0 Å². The molecule has 1 atom stereocenters. The number of aromatic carboxylic acids is 1. The summed E-state index contributed by atoms with van der Waals surface area (Å²) in [5.74, 6) is -1.02. The van der Waals surface area contributed by atoms with Gasteiger partial charge in [-0.1, -0.05) is 35.0 Å². The van der Waals surface area contributed by atoms with Crippen LogP contribution in [0.2, 0.25) is 0 Å². The second-order valence-electron chi connectivity index (χ2n) is 10.9. The number of aryl methyl sites for hydroxylation is 4. The zero-order valence-electron chi connectivity index (χ0n) is 25.8. The van der Waals surface area contributed by atoms with Crippen LogP contribution in [0.4, 0.5) is 5.69 Å². The van der Waals surface area contributed by atoms with Crippen molar-refractivity contribution in [3.63, 3.8) is 0 Å². The van der Waals surface area contributed by atoms with Gasteiger partial charge in [0.15, 0.2) is 11.4 Å². The van der Waals surface area contributed by atoms with E-state index in [2.05, 4.69) is 20.3 Å². The molecule has 15 nitrogen and oxygen atoms in total. The van der Waals surface area contributed by atoms with Crippen LogP contribution in [0, 0.1) is 13.8 Å². The number of nitrogens with zero attached hydrogens (tertiary/aromatic N) is 9. The number of carbonyl (C=O) groups is 2. The number of rotatable bonds is 10. The minimum atomic E-state index is -1.17. The van der Waals surface area contributed by atoms with E-state index in [1.165, 1.54) is 40.8 Å². The molecule has 0 spiro atoms. The molecule has 1 amide bonds. The molecule has 0 radical (unpaired) electrons. The lowest BCUT2D eigenvalue weighted by Crippen LogP contribution is -2.36. The number of ether oxygens (including phenoxy) is 2. The fourth-order valence-electron chi connectivity index (χ4n) is 5.68. The van der Waals surface area contributed by atoms with Crippen molar-refractivity contribution in [1.82, 2.24) is 39.1 Å². The van der Waals surface area contributed by atoms with Gasteiger partial charge in [-0.05, 0) is 37.5 Å². The maximum Gasteiger partial charge on any atom is 0.358 e. The van der Waals surface area contributed by atoms with Gasteiger partial charge in [0, 0.05) is 32.5 Å². The number of anilines is 1. The molecule has 46 heavy (non-hydrogen) atoms. The molecule has 1 N–H and O–H groups in total. The third-order valence-corrected chi connectivity index (χ3v) is 7.77. The summed E-state index contributed by atoms with van der Waals surface area (Å²) >= 11 is 0. The Morgan fingerprint density at radius 2 is 1.76 bits per heavy atom. The fourth-order valence-corrected chi connectivity index (χ4v) is 5.68. The van der Waals surface area contributed by atoms with Gasteiger partial charge in [0.1, 0.15) is 17.6 Å². The summed E-state index contributed by atoms with van der Waals surface area (Å²) < 4.78 is 15.6. The third kappa shape index (κ3) is 5.25. The highest BCUT2D eigenvalue weighted by molar-refractivity contribution is 6.10. The highest BCUT2D eigenvalue weighted by Crippen LogP contribution is 2.43. The Hall–Kier alpha value is -5.86. The Morgan fingerprint density at radius 3 is 2.43 bits per heavy atom. The van der Waals surface area contributed by atoms with Crippen LogP contribution < -0.4 is 19.9 Å². The summed E-state index contributed by atoms with van der Waals surface area (Å²) in [5.41, 5.74) is 3.57. The molecule has 4 aromatic heterocycles. The van der Waals surface area contributed by atoms with Crippen molar-refractivity contribution in [3.8, 4) is 23.3 Å². The van der Waals surface area contributed by atoms with Crippen molar-refractivity contribution < 1.29 is 24.2 Å². The van der Waals surface area contributed by atoms with E-state index < -0.39 is 17.9 Å². The van der Waals surface area contributed by atoms with Crippen LogP contribution in [0.25, 0.3) is 11.4 Å². The van der Waals surface area contributed by atoms with Crippen LogP contribution in [0.1, 0.15) is 55.8 Å². The van der Waals surface area contributed by atoms with Crippen molar-refractivity contribution >= 4 is 17.6 Å². The van der Waals surface area contributed by atoms with Crippen molar-refractivity contribution in [2.45, 2.75) is 39.4 Å². The van der Waals surface area contributed by atoms with Gasteiger partial charge in [-0.25, -0.2) is 14.8 Å². The number of amides is 1. The molecule has 15 heteroatoms. The second kappa shape index (κ2) is 11.9. The molecule has 5 aromatic rings. The molecule has 1 aromatic carbocycles. The third-order valence-electron chi connectivity index (χ3n) is 7.77. The van der Waals surface area contributed by atoms with Gasteiger partial charge in [0.25, 0.3) is 11.5 Å². The number of carbonyl (C=O) groups excluding carboxylic acids is 1. The minimum Gasteiger partial charge on any atom is -0.480 e. The van der Waals surface area contributed by atoms with Crippen LogP contribution in [-0.4, -0.2) is 70.3 Å². The van der Waals surface area contributed by atoms with E-state index >= 15 is 0 Å². The van der Waals surface area contributed by atoms with Gasteiger partial charge in [-0.2, -0.15) is 4.98 Å². The van der Waals surface area contributed by atoms with Crippen LogP contribution in [0.3, 0.4) is 0 Å². The fraction of sp³-hybridized carbons (Fsp3) is 0.290. The number of carboxylic acid groups (broad SMARTS) is 1. The van der Waals surface area contributed by atoms with E-state index in [0.717, 1.165) is 16.7 Å². The monoisotopic (exact) mass is 625 g/mol. The summed E-state index contributed by atoms with van der Waals surface area (Å²) in [6, 6.07) is 8.90. The maximum absolute atomic E-state index is 14.4. The predicted octanol–water partition coefficient (Wildman–Crippen LogP) is 2.80. The smallest absolute Gasteiger partial charge is 0.358 e. The average molecular weight is 626 g/mol. The highest BCUT2D eigenvalue weighted by atomic mass is 16.5. The Morgan fingerprint density at radius 1 is 1.00 bits per heavy atom. The number of benzene rings is 1. The normalized spacial score (nSPS) is 14.1. The number of imidazole rings is 1. The Labute approximate surface area is 262 Å². The minimum absolute atomic E-state index is 0.0988.